The Kier molecular flexibility index (Phi) is 4.94. The second kappa shape index (κ2) is 5.23. The number of nitrogens with zero attached hydrogens (tertiary/aromatic N) is 1. The quantitative estimate of drug-likeness (QED) is 0.468. The Labute approximate surface area is 65.1 Å². The molecule has 0 aliphatic rings. The van der Waals surface area contributed by atoms with Crippen LogP contribution in [0.5, 0.6) is 0 Å². The fourth-order valence-corrected chi connectivity index (χ4v) is 0.593. The highest BCUT2D eigenvalue weighted by Crippen LogP contribution is 1.93. The maximum atomic E-state index is 10.5. The minimum absolute atomic E-state index is 0.00662. The van der Waals surface area contributed by atoms with Gasteiger partial charge in [0.15, 0.2) is 0 Å². The molecule has 0 radical (unpaired) electrons. The molecule has 0 fully saturated rings. The molecule has 58 valence electrons. The molecule has 0 aromatic heterocycles. The van der Waals surface area contributed by atoms with Crippen LogP contribution in [0.2, 0.25) is 0 Å². The number of carbonyl (C=O) groups excluding carboxylic acids is 1. The smallest absolute Gasteiger partial charge is 0.208 e. The van der Waals surface area contributed by atoms with Gasteiger partial charge in [0.1, 0.15) is 5.78 Å². The Morgan fingerprint density at radius 1 is 1.70 bits per heavy atom. The van der Waals surface area contributed by atoms with E-state index in [0.717, 1.165) is 0 Å². The zero-order valence-corrected chi connectivity index (χ0v) is 6.81. The van der Waals surface area contributed by atoms with Crippen LogP contribution in [-0.2, 0) is 9.53 Å². The van der Waals surface area contributed by atoms with E-state index in [1.165, 1.54) is 6.92 Å². The third-order valence-electron chi connectivity index (χ3n) is 0.805. The number of hydrogen-bond acceptors (Lipinski definition) is 3. The molecule has 0 unspecified atom stereocenters. The van der Waals surface area contributed by atoms with Gasteiger partial charge in [-0.25, -0.2) is 0 Å². The van der Waals surface area contributed by atoms with Crippen molar-refractivity contribution in [3.05, 3.63) is 0 Å². The van der Waals surface area contributed by atoms with Gasteiger partial charge in [0.25, 0.3) is 0 Å². The molecular formula is C6H10ClNO2. The van der Waals surface area contributed by atoms with Gasteiger partial charge in [-0.05, 0) is 13.8 Å². The summed E-state index contributed by atoms with van der Waals surface area (Å²) in [5, 5.41) is 0. The van der Waals surface area contributed by atoms with Gasteiger partial charge in [0, 0.05) is 11.8 Å². The van der Waals surface area contributed by atoms with Crippen LogP contribution in [0.4, 0.5) is 0 Å². The van der Waals surface area contributed by atoms with E-state index >= 15 is 0 Å². The van der Waals surface area contributed by atoms with Gasteiger partial charge in [-0.1, -0.05) is 0 Å². The van der Waals surface area contributed by atoms with E-state index in [-0.39, 0.29) is 18.1 Å². The third kappa shape index (κ3) is 4.32. The maximum absolute atomic E-state index is 10.5. The van der Waals surface area contributed by atoms with Crippen molar-refractivity contribution in [3.8, 4) is 0 Å². The number of halogens is 1. The standard InChI is InChI=1S/C6H10ClNO2/c1-3-10-6(8-7)4-5(2)9/h3-4H2,1-2H3. The van der Waals surface area contributed by atoms with Crippen LogP contribution in [0.25, 0.3) is 0 Å². The van der Waals surface area contributed by atoms with Gasteiger partial charge < -0.3 is 4.74 Å². The van der Waals surface area contributed by atoms with Crippen molar-refractivity contribution < 1.29 is 9.53 Å². The van der Waals surface area contributed by atoms with Crippen LogP contribution in [0.1, 0.15) is 20.3 Å². The van der Waals surface area contributed by atoms with Gasteiger partial charge in [-0.15, -0.1) is 4.51 Å². The van der Waals surface area contributed by atoms with Crippen LogP contribution < -0.4 is 0 Å². The van der Waals surface area contributed by atoms with E-state index in [0.29, 0.717) is 6.61 Å². The minimum Gasteiger partial charge on any atom is -0.480 e. The fourth-order valence-electron chi connectivity index (χ4n) is 0.485. The van der Waals surface area contributed by atoms with Crippen LogP contribution in [0.15, 0.2) is 4.51 Å². The maximum Gasteiger partial charge on any atom is 0.208 e. The van der Waals surface area contributed by atoms with E-state index in [1.807, 2.05) is 6.92 Å². The first kappa shape index (κ1) is 9.43. The Morgan fingerprint density at radius 2 is 2.30 bits per heavy atom. The summed E-state index contributed by atoms with van der Waals surface area (Å²) < 4.78 is 8.16. The van der Waals surface area contributed by atoms with E-state index in [2.05, 4.69) is 4.51 Å². The Morgan fingerprint density at radius 3 is 2.60 bits per heavy atom. The first-order chi connectivity index (χ1) is 4.70. The first-order valence-corrected chi connectivity index (χ1v) is 3.34. The van der Waals surface area contributed by atoms with Gasteiger partial charge in [-0.3, -0.25) is 4.79 Å². The van der Waals surface area contributed by atoms with Crippen LogP contribution in [0.3, 0.4) is 0 Å². The molecule has 0 amide bonds. The normalized spacial score (nSPS) is 11.3. The number of carbonyl (C=O) groups is 1. The van der Waals surface area contributed by atoms with Crippen molar-refractivity contribution in [2.45, 2.75) is 20.3 Å². The van der Waals surface area contributed by atoms with E-state index in [1.54, 1.807) is 0 Å². The molecule has 0 N–H and O–H groups in total. The molecular weight excluding hydrogens is 154 g/mol. The van der Waals surface area contributed by atoms with Gasteiger partial charge in [0.2, 0.25) is 5.90 Å². The number of hydrogen-bond donors (Lipinski definition) is 0. The summed E-state index contributed by atoms with van der Waals surface area (Å²) in [7, 11) is 0. The van der Waals surface area contributed by atoms with Crippen molar-refractivity contribution in [1.82, 2.24) is 0 Å². The van der Waals surface area contributed by atoms with Crippen LogP contribution in [0, 0.1) is 0 Å². The van der Waals surface area contributed by atoms with Crippen LogP contribution >= 0.6 is 11.8 Å². The highest BCUT2D eigenvalue weighted by molar-refractivity contribution is 6.20. The fraction of sp³-hybridized carbons (Fsp3) is 0.667. The largest absolute Gasteiger partial charge is 0.480 e. The molecule has 4 heteroatoms. The van der Waals surface area contributed by atoms with Crippen molar-refractivity contribution in [1.29, 1.82) is 0 Å². The lowest BCUT2D eigenvalue weighted by molar-refractivity contribution is -0.116. The number of ether oxygens (including phenoxy) is 1. The number of Topliss-reactive ketones (excluding diaryl/α,β-unsaturated/α-hetero) is 1. The van der Waals surface area contributed by atoms with Crippen LogP contribution in [-0.4, -0.2) is 18.3 Å². The summed E-state index contributed by atoms with van der Waals surface area (Å²) in [5.74, 6) is 0.282. The molecule has 0 bridgehead atoms. The predicted molar refractivity (Wildman–Crippen MR) is 40.2 cm³/mol. The molecule has 0 aliphatic heterocycles. The zero-order valence-electron chi connectivity index (χ0n) is 6.06. The van der Waals surface area contributed by atoms with Gasteiger partial charge >= 0.3 is 0 Å². The van der Waals surface area contributed by atoms with E-state index < -0.39 is 0 Å². The molecule has 0 aromatic rings. The van der Waals surface area contributed by atoms with Gasteiger partial charge in [-0.2, -0.15) is 0 Å². The summed E-state index contributed by atoms with van der Waals surface area (Å²) in [4.78, 5) is 10.5. The lowest BCUT2D eigenvalue weighted by Crippen LogP contribution is -2.08. The summed E-state index contributed by atoms with van der Waals surface area (Å²) in [5.41, 5.74) is 0. The molecule has 0 spiro atoms. The topological polar surface area (TPSA) is 38.7 Å². The minimum atomic E-state index is -0.00662. The van der Waals surface area contributed by atoms with E-state index in [4.69, 9.17) is 16.5 Å². The lowest BCUT2D eigenvalue weighted by atomic mass is 10.3. The molecule has 0 saturated carbocycles. The summed E-state index contributed by atoms with van der Waals surface area (Å²) in [6, 6.07) is 0. The SMILES string of the molecule is CCOC(CC(C)=O)=NCl. The Balaban J connectivity index is 3.73. The number of ketones is 1. The Bertz CT molecular complexity index is 145. The molecule has 0 rings (SSSR count). The summed E-state index contributed by atoms with van der Waals surface area (Å²) >= 11 is 5.10. The summed E-state index contributed by atoms with van der Waals surface area (Å²) in [6.07, 6.45) is 0.178. The lowest BCUT2D eigenvalue weighted by Gasteiger charge is -2.01. The highest BCUT2D eigenvalue weighted by Gasteiger charge is 2.01. The van der Waals surface area contributed by atoms with Gasteiger partial charge in [0.05, 0.1) is 13.0 Å². The van der Waals surface area contributed by atoms with Crippen molar-refractivity contribution in [2.75, 3.05) is 6.61 Å². The average molecular weight is 164 g/mol. The third-order valence-corrected chi connectivity index (χ3v) is 0.994. The number of rotatable bonds is 3. The average Bonchev–Trinajstić information content (AvgIpc) is 1.86. The molecule has 0 aromatic carbocycles. The van der Waals surface area contributed by atoms with Crippen molar-refractivity contribution >= 4 is 23.5 Å². The summed E-state index contributed by atoms with van der Waals surface area (Å²) in [6.45, 7) is 3.75. The predicted octanol–water partition coefficient (Wildman–Crippen LogP) is 1.55. The molecule has 0 atom stereocenters. The molecule has 0 saturated heterocycles. The molecule has 10 heavy (non-hydrogen) atoms. The molecule has 0 aliphatic carbocycles. The second-order valence-corrected chi connectivity index (χ2v) is 1.96. The highest BCUT2D eigenvalue weighted by atomic mass is 35.5. The van der Waals surface area contributed by atoms with Crippen molar-refractivity contribution in [2.24, 2.45) is 4.51 Å². The van der Waals surface area contributed by atoms with Crippen molar-refractivity contribution in [3.63, 3.8) is 0 Å². The Hall–Kier alpha value is -0.570. The zero-order chi connectivity index (χ0) is 7.98. The first-order valence-electron chi connectivity index (χ1n) is 3.00. The molecule has 3 nitrogen and oxygen atoms in total. The van der Waals surface area contributed by atoms with E-state index in [9.17, 15) is 4.79 Å². The monoisotopic (exact) mass is 163 g/mol. The molecule has 0 heterocycles. The second-order valence-electron chi connectivity index (χ2n) is 1.79.